The van der Waals surface area contributed by atoms with Gasteiger partial charge in [-0.3, -0.25) is 9.36 Å². The molecule has 3 aromatic rings. The number of hydrogen-bond acceptors (Lipinski definition) is 6. The maximum atomic E-state index is 12.6. The van der Waals surface area contributed by atoms with Crippen molar-refractivity contribution in [1.29, 1.82) is 5.26 Å². The normalized spacial score (nSPS) is 13.5. The lowest BCUT2D eigenvalue weighted by atomic mass is 10.2. The van der Waals surface area contributed by atoms with Gasteiger partial charge < -0.3 is 4.52 Å². The predicted molar refractivity (Wildman–Crippen MR) is 94.5 cm³/mol. The first-order chi connectivity index (χ1) is 12.6. The summed E-state index contributed by atoms with van der Waals surface area (Å²) in [6.45, 7) is -0.180. The van der Waals surface area contributed by atoms with Crippen molar-refractivity contribution in [3.8, 4) is 17.5 Å². The van der Waals surface area contributed by atoms with E-state index in [9.17, 15) is 14.9 Å². The highest BCUT2D eigenvalue weighted by Crippen LogP contribution is 2.33. The van der Waals surface area contributed by atoms with E-state index < -0.39 is 11.2 Å². The zero-order valence-corrected chi connectivity index (χ0v) is 15.0. The molecule has 26 heavy (non-hydrogen) atoms. The molecule has 9 heteroatoms. The molecule has 8 nitrogen and oxygen atoms in total. The molecule has 4 rings (SSSR count). The summed E-state index contributed by atoms with van der Waals surface area (Å²) in [4.78, 5) is 29.2. The first-order valence-corrected chi connectivity index (χ1v) is 8.70. The summed E-state index contributed by atoms with van der Waals surface area (Å²) in [6, 6.07) is 9.25. The van der Waals surface area contributed by atoms with E-state index in [4.69, 9.17) is 4.52 Å². The monoisotopic (exact) mass is 413 g/mol. The quantitative estimate of drug-likeness (QED) is 0.647. The molecule has 1 aromatic carbocycles. The molecular weight excluding hydrogens is 402 g/mol. The number of rotatable bonds is 4. The topological polar surface area (TPSA) is 107 Å². The maximum absolute atomic E-state index is 12.6. The van der Waals surface area contributed by atoms with Crippen LogP contribution in [0.5, 0.6) is 0 Å². The molecule has 1 fully saturated rings. The van der Waals surface area contributed by atoms with Crippen LogP contribution in [-0.4, -0.2) is 19.3 Å². The van der Waals surface area contributed by atoms with Gasteiger partial charge >= 0.3 is 5.69 Å². The third kappa shape index (κ3) is 2.99. The fourth-order valence-corrected chi connectivity index (χ4v) is 3.05. The lowest BCUT2D eigenvalue weighted by Gasteiger charge is -2.08. The van der Waals surface area contributed by atoms with Gasteiger partial charge in [-0.1, -0.05) is 33.2 Å². The van der Waals surface area contributed by atoms with Crippen molar-refractivity contribution in [3.05, 3.63) is 67.2 Å². The van der Waals surface area contributed by atoms with Gasteiger partial charge in [0.25, 0.3) is 5.56 Å². The van der Waals surface area contributed by atoms with Crippen LogP contribution < -0.4 is 11.2 Å². The van der Waals surface area contributed by atoms with Gasteiger partial charge in [-0.05, 0) is 25.0 Å². The molecule has 130 valence electrons. The first kappa shape index (κ1) is 16.5. The minimum absolute atomic E-state index is 0.0429. The summed E-state index contributed by atoms with van der Waals surface area (Å²) in [7, 11) is 0. The van der Waals surface area contributed by atoms with Crippen LogP contribution in [0.15, 0.2) is 49.0 Å². The number of halogens is 1. The summed E-state index contributed by atoms with van der Waals surface area (Å²) >= 11 is 3.38. The third-order valence-electron chi connectivity index (χ3n) is 4.10. The Labute approximate surface area is 155 Å². The average Bonchev–Trinajstić information content (AvgIpc) is 3.36. The number of hydrogen-bond donors (Lipinski definition) is 0. The Morgan fingerprint density at radius 2 is 2.15 bits per heavy atom. The van der Waals surface area contributed by atoms with E-state index in [1.165, 1.54) is 10.8 Å². The molecular formula is C17H12BrN5O3. The van der Waals surface area contributed by atoms with Crippen molar-refractivity contribution < 1.29 is 4.52 Å². The molecule has 0 N–H and O–H groups in total. The Bertz CT molecular complexity index is 1150. The number of benzene rings is 1. The van der Waals surface area contributed by atoms with Gasteiger partial charge in [0, 0.05) is 22.3 Å². The van der Waals surface area contributed by atoms with E-state index in [0.717, 1.165) is 27.4 Å². The Morgan fingerprint density at radius 1 is 1.35 bits per heavy atom. The van der Waals surface area contributed by atoms with Gasteiger partial charge in [0.05, 0.1) is 0 Å². The van der Waals surface area contributed by atoms with Crippen LogP contribution in [0.4, 0.5) is 0 Å². The van der Waals surface area contributed by atoms with Crippen molar-refractivity contribution in [2.45, 2.75) is 25.4 Å². The van der Waals surface area contributed by atoms with Gasteiger partial charge in [-0.2, -0.15) is 10.2 Å². The van der Waals surface area contributed by atoms with Crippen LogP contribution in [0.2, 0.25) is 0 Å². The summed E-state index contributed by atoms with van der Waals surface area (Å²) in [5.41, 5.74) is -0.471. The van der Waals surface area contributed by atoms with Gasteiger partial charge in [0.1, 0.15) is 18.2 Å². The molecule has 0 radical (unpaired) electrons. The van der Waals surface area contributed by atoms with Crippen LogP contribution in [0.1, 0.15) is 30.3 Å². The smallest absolute Gasteiger partial charge is 0.331 e. The van der Waals surface area contributed by atoms with E-state index in [0.29, 0.717) is 5.82 Å². The fourth-order valence-electron chi connectivity index (χ4n) is 2.65. The second-order valence-corrected chi connectivity index (χ2v) is 6.90. The minimum Gasteiger partial charge on any atom is -0.337 e. The zero-order valence-electron chi connectivity index (χ0n) is 13.4. The summed E-state index contributed by atoms with van der Waals surface area (Å²) in [5, 5.41) is 13.1. The highest BCUT2D eigenvalue weighted by atomic mass is 79.9. The Kier molecular flexibility index (Phi) is 4.05. The molecule has 0 spiro atoms. The second-order valence-electron chi connectivity index (χ2n) is 5.99. The van der Waals surface area contributed by atoms with Crippen molar-refractivity contribution in [3.63, 3.8) is 0 Å². The van der Waals surface area contributed by atoms with E-state index in [1.807, 2.05) is 30.3 Å². The predicted octanol–water partition coefficient (Wildman–Crippen LogP) is 2.08. The highest BCUT2D eigenvalue weighted by molar-refractivity contribution is 9.10. The standard InChI is InChI=1S/C17H12BrN5O3/c18-12-3-1-2-10(6-12)15-20-14(26-21-15)9-23-16(24)11(7-19)8-22(17(23)25)13-4-5-13/h1-3,6,8,13H,4-5,9H2. The van der Waals surface area contributed by atoms with E-state index in [-0.39, 0.29) is 24.0 Å². The highest BCUT2D eigenvalue weighted by Gasteiger charge is 2.27. The summed E-state index contributed by atoms with van der Waals surface area (Å²) < 4.78 is 8.47. The number of nitrogens with zero attached hydrogens (tertiary/aromatic N) is 5. The van der Waals surface area contributed by atoms with E-state index in [1.54, 1.807) is 0 Å². The van der Waals surface area contributed by atoms with Gasteiger partial charge in [-0.25, -0.2) is 9.36 Å². The average molecular weight is 414 g/mol. The van der Waals surface area contributed by atoms with Gasteiger partial charge in [0.2, 0.25) is 11.7 Å². The SMILES string of the molecule is N#Cc1cn(C2CC2)c(=O)n(Cc2nc(-c3cccc(Br)c3)no2)c1=O. The molecule has 2 aromatic heterocycles. The van der Waals surface area contributed by atoms with Crippen LogP contribution in [0, 0.1) is 11.3 Å². The molecule has 1 aliphatic carbocycles. The fraction of sp³-hybridized carbons (Fsp3) is 0.235. The van der Waals surface area contributed by atoms with Crippen molar-refractivity contribution in [2.24, 2.45) is 0 Å². The molecule has 0 bridgehead atoms. The number of nitriles is 1. The summed E-state index contributed by atoms with van der Waals surface area (Å²) in [5.74, 6) is 0.477. The molecule has 1 aliphatic rings. The summed E-state index contributed by atoms with van der Waals surface area (Å²) in [6.07, 6.45) is 3.05. The van der Waals surface area contributed by atoms with Gasteiger partial charge in [-0.15, -0.1) is 0 Å². The first-order valence-electron chi connectivity index (χ1n) is 7.91. The van der Waals surface area contributed by atoms with Crippen LogP contribution in [0.3, 0.4) is 0 Å². The Hall–Kier alpha value is -2.99. The largest absolute Gasteiger partial charge is 0.337 e. The maximum Gasteiger partial charge on any atom is 0.331 e. The molecule has 1 saturated carbocycles. The molecule has 0 aliphatic heterocycles. The zero-order chi connectivity index (χ0) is 18.3. The Morgan fingerprint density at radius 3 is 2.85 bits per heavy atom. The molecule has 2 heterocycles. The molecule has 0 saturated heterocycles. The minimum atomic E-state index is -0.656. The van der Waals surface area contributed by atoms with Crippen LogP contribution in [0.25, 0.3) is 11.4 Å². The van der Waals surface area contributed by atoms with E-state index in [2.05, 4.69) is 26.1 Å². The molecule has 0 atom stereocenters. The lowest BCUT2D eigenvalue weighted by molar-refractivity contribution is 0.365. The third-order valence-corrected chi connectivity index (χ3v) is 4.59. The van der Waals surface area contributed by atoms with E-state index >= 15 is 0 Å². The van der Waals surface area contributed by atoms with Crippen molar-refractivity contribution >= 4 is 15.9 Å². The van der Waals surface area contributed by atoms with Crippen LogP contribution >= 0.6 is 15.9 Å². The molecule has 0 unspecified atom stereocenters. The van der Waals surface area contributed by atoms with Gasteiger partial charge in [0.15, 0.2) is 0 Å². The Balaban J connectivity index is 1.72. The van der Waals surface area contributed by atoms with Crippen molar-refractivity contribution in [1.82, 2.24) is 19.3 Å². The van der Waals surface area contributed by atoms with Crippen molar-refractivity contribution in [2.75, 3.05) is 0 Å². The lowest BCUT2D eigenvalue weighted by Crippen LogP contribution is -2.41. The van der Waals surface area contributed by atoms with Crippen LogP contribution in [-0.2, 0) is 6.54 Å². The second kappa shape index (κ2) is 6.38. The number of aromatic nitrogens is 4. The molecule has 0 amide bonds.